The highest BCUT2D eigenvalue weighted by Gasteiger charge is 2.41. The lowest BCUT2D eigenvalue weighted by Crippen LogP contribution is -2.50. The summed E-state index contributed by atoms with van der Waals surface area (Å²) in [5, 5.41) is 7.37. The molecule has 1 atom stereocenters. The minimum atomic E-state index is -4.79. The van der Waals surface area contributed by atoms with E-state index in [1.54, 1.807) is 54.0 Å². The molecule has 0 spiro atoms. The van der Waals surface area contributed by atoms with Crippen molar-refractivity contribution in [3.05, 3.63) is 112 Å². The van der Waals surface area contributed by atoms with Crippen LogP contribution in [0, 0.1) is 5.82 Å². The Labute approximate surface area is 222 Å². The number of rotatable bonds is 7. The van der Waals surface area contributed by atoms with Crippen LogP contribution < -0.4 is 10.6 Å². The zero-order valence-electron chi connectivity index (χ0n) is 18.5. The van der Waals surface area contributed by atoms with Crippen LogP contribution in [0.5, 0.6) is 0 Å². The molecule has 0 unspecified atom stereocenters. The van der Waals surface area contributed by atoms with Gasteiger partial charge in [0.2, 0.25) is 0 Å². The summed E-state index contributed by atoms with van der Waals surface area (Å²) in [6.45, 7) is 0. The molecule has 0 bridgehead atoms. The quantitative estimate of drug-likeness (QED) is 0.133. The Morgan fingerprint density at radius 1 is 0.972 bits per heavy atom. The Kier molecular flexibility index (Phi) is 7.88. The van der Waals surface area contributed by atoms with Crippen molar-refractivity contribution in [2.45, 2.75) is 22.6 Å². The van der Waals surface area contributed by atoms with E-state index in [0.29, 0.717) is 21.2 Å². The number of amides is 2. The van der Waals surface area contributed by atoms with Gasteiger partial charge in [0.25, 0.3) is 0 Å². The van der Waals surface area contributed by atoms with Gasteiger partial charge < -0.3 is 5.32 Å². The number of pyridine rings is 1. The van der Waals surface area contributed by atoms with Crippen LogP contribution in [0.15, 0.2) is 78.4 Å². The molecular formula is C25H19F4IN4OS. The molecule has 36 heavy (non-hydrogen) atoms. The van der Waals surface area contributed by atoms with E-state index in [9.17, 15) is 22.4 Å². The Bertz CT molecular complexity index is 1320. The smallest absolute Gasteiger partial charge is 0.322 e. The van der Waals surface area contributed by atoms with Crippen LogP contribution in [0.25, 0.3) is 0 Å². The van der Waals surface area contributed by atoms with Gasteiger partial charge in [-0.2, -0.15) is 13.2 Å². The van der Waals surface area contributed by atoms with Crippen LogP contribution in [-0.2, 0) is 22.6 Å². The van der Waals surface area contributed by atoms with Crippen molar-refractivity contribution in [3.8, 4) is 0 Å². The molecule has 2 heterocycles. The Balaban J connectivity index is 1.92. The molecule has 2 aromatic carbocycles. The molecule has 186 valence electrons. The average Bonchev–Trinajstić information content (AvgIpc) is 3.36. The molecule has 0 radical (unpaired) electrons. The number of halogens is 5. The molecule has 2 aromatic heterocycles. The summed E-state index contributed by atoms with van der Waals surface area (Å²) in [5.41, 5.74) is -1.06. The number of hydrogen-bond donors (Lipinski definition) is 2. The number of hydrogen-bond acceptors (Lipinski definition) is 4. The average molecular weight is 626 g/mol. The zero-order chi connectivity index (χ0) is 25.8. The van der Waals surface area contributed by atoms with Crippen LogP contribution in [0.1, 0.15) is 27.9 Å². The summed E-state index contributed by atoms with van der Waals surface area (Å²) in [5.74, 6) is -1.08. The fourth-order valence-electron chi connectivity index (χ4n) is 3.79. The third-order valence-electron chi connectivity index (χ3n) is 5.43. The van der Waals surface area contributed by atoms with Gasteiger partial charge >= 0.3 is 12.2 Å². The van der Waals surface area contributed by atoms with Gasteiger partial charge in [-0.05, 0) is 41.0 Å². The second kappa shape index (κ2) is 10.9. The number of alkyl halides is 4. The predicted molar refractivity (Wildman–Crippen MR) is 139 cm³/mol. The summed E-state index contributed by atoms with van der Waals surface area (Å²) in [4.78, 5) is 21.7. The topological polar surface area (TPSA) is 66.9 Å². The summed E-state index contributed by atoms with van der Waals surface area (Å²) in [6.07, 6.45) is -1.69. The van der Waals surface area contributed by atoms with E-state index in [1.165, 1.54) is 17.5 Å². The first kappa shape index (κ1) is 26.0. The van der Waals surface area contributed by atoms with E-state index in [2.05, 4.69) is 43.2 Å². The Morgan fingerprint density at radius 2 is 1.72 bits per heavy atom. The van der Waals surface area contributed by atoms with E-state index >= 15 is 0 Å². The molecular weight excluding hydrogens is 607 g/mol. The molecule has 2 amide bonds. The van der Waals surface area contributed by atoms with Gasteiger partial charge in [-0.3, -0.25) is 10.3 Å². The third-order valence-corrected chi connectivity index (χ3v) is 7.00. The first-order chi connectivity index (χ1) is 17.2. The lowest BCUT2D eigenvalue weighted by Gasteiger charge is -2.35. The highest BCUT2D eigenvalue weighted by atomic mass is 127. The van der Waals surface area contributed by atoms with Gasteiger partial charge in [-0.1, -0.05) is 59.0 Å². The number of thiazole rings is 1. The lowest BCUT2D eigenvalue weighted by molar-refractivity contribution is -0.137. The van der Waals surface area contributed by atoms with Gasteiger partial charge in [0.1, 0.15) is 11.4 Å². The number of nitrogens with zero attached hydrogens (tertiary/aromatic N) is 2. The van der Waals surface area contributed by atoms with Crippen molar-refractivity contribution in [3.63, 3.8) is 0 Å². The largest absolute Gasteiger partial charge is 0.416 e. The van der Waals surface area contributed by atoms with E-state index in [-0.39, 0.29) is 17.7 Å². The molecule has 0 aliphatic heterocycles. The van der Waals surface area contributed by atoms with E-state index < -0.39 is 29.1 Å². The zero-order valence-corrected chi connectivity index (χ0v) is 21.5. The lowest BCUT2D eigenvalue weighted by atomic mass is 9.79. The van der Waals surface area contributed by atoms with Gasteiger partial charge in [0, 0.05) is 28.6 Å². The number of carbonyl (C=O) groups is 1. The Morgan fingerprint density at radius 3 is 2.33 bits per heavy atom. The van der Waals surface area contributed by atoms with Crippen molar-refractivity contribution in [1.82, 2.24) is 15.3 Å². The molecule has 2 N–H and O–H groups in total. The second-order valence-electron chi connectivity index (χ2n) is 7.90. The number of benzene rings is 2. The number of aromatic nitrogens is 2. The maximum Gasteiger partial charge on any atom is 0.416 e. The molecule has 11 heteroatoms. The number of carbonyl (C=O) groups excluding carboxylic acids is 1. The summed E-state index contributed by atoms with van der Waals surface area (Å²) in [6, 6.07) is 13.9. The van der Waals surface area contributed by atoms with Crippen molar-refractivity contribution in [2.75, 3.05) is 5.32 Å². The molecule has 0 aliphatic carbocycles. The fraction of sp³-hybridized carbons (Fsp3) is 0.160. The van der Waals surface area contributed by atoms with Crippen LogP contribution in [-0.4, -0.2) is 16.0 Å². The third kappa shape index (κ3) is 6.01. The van der Waals surface area contributed by atoms with Gasteiger partial charge in [-0.25, -0.2) is 14.2 Å². The predicted octanol–water partition coefficient (Wildman–Crippen LogP) is 6.94. The molecule has 0 fully saturated rings. The minimum absolute atomic E-state index is 0.0104. The van der Waals surface area contributed by atoms with Gasteiger partial charge in [0.15, 0.2) is 5.13 Å². The standard InChI is InChI=1S/C25H19F4IN4OS/c26-20-11-18(10-19(12-20)25(27,28)29)24(13-16-4-2-1-3-5-16,21-7-6-17(14-30)15-32-21)34-22(35)33-23-31-8-9-36-23/h1-12,15H,13-14H2,(H2,31,33,34,35)/t24-/m1/s1. The summed E-state index contributed by atoms with van der Waals surface area (Å²) in [7, 11) is 0. The molecule has 0 saturated carbocycles. The normalized spacial score (nSPS) is 13.1. The summed E-state index contributed by atoms with van der Waals surface area (Å²) >= 11 is 3.34. The Hall–Kier alpha value is -3.06. The van der Waals surface area contributed by atoms with E-state index in [0.717, 1.165) is 17.7 Å². The second-order valence-corrected chi connectivity index (χ2v) is 9.55. The van der Waals surface area contributed by atoms with Crippen LogP contribution in [0.4, 0.5) is 27.5 Å². The molecule has 4 rings (SSSR count). The van der Waals surface area contributed by atoms with Crippen LogP contribution >= 0.6 is 33.9 Å². The number of anilines is 1. The van der Waals surface area contributed by atoms with Crippen molar-refractivity contribution < 1.29 is 22.4 Å². The van der Waals surface area contributed by atoms with E-state index in [1.807, 2.05) is 0 Å². The van der Waals surface area contributed by atoms with Crippen LogP contribution in [0.2, 0.25) is 0 Å². The summed E-state index contributed by atoms with van der Waals surface area (Å²) < 4.78 is 56.4. The first-order valence-electron chi connectivity index (χ1n) is 10.6. The molecule has 4 aromatic rings. The van der Waals surface area contributed by atoms with Crippen LogP contribution in [0.3, 0.4) is 0 Å². The highest BCUT2D eigenvalue weighted by molar-refractivity contribution is 14.1. The maximum atomic E-state index is 14.6. The van der Waals surface area contributed by atoms with Gasteiger partial charge in [-0.15, -0.1) is 11.3 Å². The highest BCUT2D eigenvalue weighted by Crippen LogP contribution is 2.38. The molecule has 5 nitrogen and oxygen atoms in total. The van der Waals surface area contributed by atoms with Crippen molar-refractivity contribution in [2.24, 2.45) is 0 Å². The monoisotopic (exact) mass is 626 g/mol. The molecule has 0 saturated heterocycles. The first-order valence-corrected chi connectivity index (χ1v) is 13.0. The maximum absolute atomic E-state index is 14.6. The minimum Gasteiger partial charge on any atom is -0.322 e. The van der Waals surface area contributed by atoms with Crippen molar-refractivity contribution in [1.29, 1.82) is 0 Å². The SMILES string of the molecule is O=C(Nc1nccs1)N[C@](Cc1ccccc1)(c1cc(F)cc(C(F)(F)F)c1)c1ccc(CI)cn1. The fourth-order valence-corrected chi connectivity index (χ4v) is 4.76. The van der Waals surface area contributed by atoms with E-state index in [4.69, 9.17) is 0 Å². The molecule has 0 aliphatic rings. The number of nitrogens with one attached hydrogen (secondary N) is 2. The van der Waals surface area contributed by atoms with Crippen molar-refractivity contribution >= 4 is 45.1 Å². The number of urea groups is 1. The van der Waals surface area contributed by atoms with Gasteiger partial charge in [0.05, 0.1) is 11.3 Å².